The van der Waals surface area contributed by atoms with E-state index in [9.17, 15) is 9.59 Å². The Kier molecular flexibility index (Phi) is 3.23. The molecule has 5 nitrogen and oxygen atoms in total. The van der Waals surface area contributed by atoms with Crippen LogP contribution in [0.1, 0.15) is 53.4 Å². The molecule has 0 N–H and O–H groups in total. The number of hydrogen-bond acceptors (Lipinski definition) is 5. The number of carbonyl (C=O) groups is 2. The van der Waals surface area contributed by atoms with Crippen LogP contribution in [0.15, 0.2) is 24.3 Å². The van der Waals surface area contributed by atoms with Gasteiger partial charge in [-0.25, -0.2) is 0 Å². The average Bonchev–Trinajstić information content (AvgIpc) is 3.12. The van der Waals surface area contributed by atoms with E-state index in [1.807, 2.05) is 0 Å². The quantitative estimate of drug-likeness (QED) is 0.412. The van der Waals surface area contributed by atoms with Gasteiger partial charge in [0, 0.05) is 24.7 Å². The highest BCUT2D eigenvalue weighted by Gasteiger charge is 2.93. The van der Waals surface area contributed by atoms with Gasteiger partial charge in [-0.15, -0.1) is 0 Å². The summed E-state index contributed by atoms with van der Waals surface area (Å²) in [4.78, 5) is 25.1. The predicted octanol–water partition coefficient (Wildman–Crippen LogP) is 3.58. The fourth-order valence-electron chi connectivity index (χ4n) is 7.76. The lowest BCUT2D eigenvalue weighted by Gasteiger charge is -2.48. The number of carbonyl (C=O) groups excluding carboxylic acids is 2. The highest BCUT2D eigenvalue weighted by atomic mass is 16.6. The van der Waals surface area contributed by atoms with Crippen molar-refractivity contribution in [3.05, 3.63) is 24.3 Å². The molecule has 28 heavy (non-hydrogen) atoms. The largest absolute Gasteiger partial charge is 0.469 e. The van der Waals surface area contributed by atoms with Gasteiger partial charge in [-0.1, -0.05) is 39.5 Å². The molecule has 0 aromatic heterocycles. The molecule has 5 aliphatic rings. The zero-order chi connectivity index (χ0) is 20.3. The number of hydrogen-bond donors (Lipinski definition) is 0. The van der Waals surface area contributed by atoms with E-state index in [1.54, 1.807) is 0 Å². The van der Waals surface area contributed by atoms with Crippen molar-refractivity contribution in [1.29, 1.82) is 0 Å². The monoisotopic (exact) mass is 386 g/mol. The molecule has 1 aliphatic heterocycles. The normalized spacial score (nSPS) is 51.8. The van der Waals surface area contributed by atoms with Crippen LogP contribution in [0.25, 0.3) is 0 Å². The molecule has 5 heteroatoms. The Hall–Kier alpha value is -1.62. The fraction of sp³-hybridized carbons (Fsp3) is 0.739. The van der Waals surface area contributed by atoms with E-state index in [0.29, 0.717) is 25.2 Å². The van der Waals surface area contributed by atoms with Crippen LogP contribution in [0.5, 0.6) is 0 Å². The summed E-state index contributed by atoms with van der Waals surface area (Å²) < 4.78 is 17.9. The Morgan fingerprint density at radius 1 is 1.29 bits per heavy atom. The first-order valence-electron chi connectivity index (χ1n) is 10.4. The molecule has 0 aromatic carbocycles. The highest BCUT2D eigenvalue weighted by Crippen LogP contribution is 2.86. The lowest BCUT2D eigenvalue weighted by Crippen LogP contribution is -2.51. The molecule has 4 fully saturated rings. The van der Waals surface area contributed by atoms with E-state index in [-0.39, 0.29) is 34.8 Å². The molecule has 0 radical (unpaired) electrons. The molecule has 2 bridgehead atoms. The van der Waals surface area contributed by atoms with Crippen LogP contribution in [0.2, 0.25) is 0 Å². The van der Waals surface area contributed by atoms with Gasteiger partial charge < -0.3 is 14.2 Å². The van der Waals surface area contributed by atoms with Gasteiger partial charge in [0.25, 0.3) is 0 Å². The van der Waals surface area contributed by atoms with Crippen molar-refractivity contribution in [2.24, 2.45) is 28.6 Å². The maximum Gasteiger partial charge on any atom is 0.309 e. The van der Waals surface area contributed by atoms with Gasteiger partial charge in [0.15, 0.2) is 0 Å². The second-order valence-electron chi connectivity index (χ2n) is 10.4. The van der Waals surface area contributed by atoms with Crippen molar-refractivity contribution in [2.45, 2.75) is 70.2 Å². The molecule has 0 aromatic rings. The molecule has 7 atom stereocenters. The van der Waals surface area contributed by atoms with Crippen LogP contribution < -0.4 is 0 Å². The first-order chi connectivity index (χ1) is 13.0. The van der Waals surface area contributed by atoms with Crippen molar-refractivity contribution in [3.8, 4) is 0 Å². The molecule has 4 aliphatic carbocycles. The molecule has 5 rings (SSSR count). The van der Waals surface area contributed by atoms with E-state index >= 15 is 0 Å². The van der Waals surface area contributed by atoms with Gasteiger partial charge in [-0.05, 0) is 36.2 Å². The minimum atomic E-state index is -0.677. The molecule has 0 unspecified atom stereocenters. The highest BCUT2D eigenvalue weighted by molar-refractivity contribution is 5.78. The van der Waals surface area contributed by atoms with Crippen molar-refractivity contribution in [1.82, 2.24) is 0 Å². The van der Waals surface area contributed by atoms with Gasteiger partial charge >= 0.3 is 11.9 Å². The number of epoxide rings is 1. The molecular weight excluding hydrogens is 356 g/mol. The lowest BCUT2D eigenvalue weighted by molar-refractivity contribution is -0.171. The van der Waals surface area contributed by atoms with Gasteiger partial charge in [0.05, 0.1) is 13.0 Å². The van der Waals surface area contributed by atoms with Crippen LogP contribution in [-0.2, 0) is 23.8 Å². The lowest BCUT2D eigenvalue weighted by atomic mass is 9.58. The second kappa shape index (κ2) is 4.92. The van der Waals surface area contributed by atoms with Crippen LogP contribution >= 0.6 is 0 Å². The summed E-state index contributed by atoms with van der Waals surface area (Å²) in [5.41, 5.74) is -1.11. The Morgan fingerprint density at radius 3 is 2.64 bits per heavy atom. The number of rotatable bonds is 2. The third kappa shape index (κ3) is 1.67. The van der Waals surface area contributed by atoms with Crippen LogP contribution in [0, 0.1) is 28.6 Å². The van der Waals surface area contributed by atoms with E-state index in [2.05, 4.69) is 39.5 Å². The van der Waals surface area contributed by atoms with E-state index < -0.39 is 16.6 Å². The second-order valence-corrected chi connectivity index (χ2v) is 10.4. The third-order valence-corrected chi connectivity index (χ3v) is 9.18. The van der Waals surface area contributed by atoms with Crippen molar-refractivity contribution >= 4 is 11.9 Å². The van der Waals surface area contributed by atoms with Crippen molar-refractivity contribution in [3.63, 3.8) is 0 Å². The van der Waals surface area contributed by atoms with Crippen LogP contribution in [0.3, 0.4) is 0 Å². The number of methoxy groups -OCH3 is 1. The smallest absolute Gasteiger partial charge is 0.309 e. The van der Waals surface area contributed by atoms with Gasteiger partial charge in [0.1, 0.15) is 16.8 Å². The average molecular weight is 386 g/mol. The minimum absolute atomic E-state index is 0.0338. The number of allylic oxidation sites excluding steroid dienone is 1. The summed E-state index contributed by atoms with van der Waals surface area (Å²) in [6.45, 7) is 12.5. The molecule has 3 spiro atoms. The molecule has 0 amide bonds. The van der Waals surface area contributed by atoms with E-state index in [1.165, 1.54) is 14.0 Å². The maximum atomic E-state index is 13.3. The Morgan fingerprint density at radius 2 is 2.00 bits per heavy atom. The minimum Gasteiger partial charge on any atom is -0.469 e. The predicted molar refractivity (Wildman–Crippen MR) is 102 cm³/mol. The zero-order valence-corrected chi connectivity index (χ0v) is 17.5. The topological polar surface area (TPSA) is 65.1 Å². The maximum absolute atomic E-state index is 13.3. The third-order valence-electron chi connectivity index (χ3n) is 9.18. The Balaban J connectivity index is 1.71. The molecule has 1 heterocycles. The number of esters is 2. The van der Waals surface area contributed by atoms with Gasteiger partial charge in [0.2, 0.25) is 0 Å². The summed E-state index contributed by atoms with van der Waals surface area (Å²) in [6.07, 6.45) is 7.23. The van der Waals surface area contributed by atoms with Crippen molar-refractivity contribution < 1.29 is 23.8 Å². The van der Waals surface area contributed by atoms with Crippen LogP contribution in [0.4, 0.5) is 0 Å². The van der Waals surface area contributed by atoms with Crippen molar-refractivity contribution in [2.75, 3.05) is 7.11 Å². The summed E-state index contributed by atoms with van der Waals surface area (Å²) in [7, 11) is 1.48. The molecule has 3 saturated carbocycles. The first kappa shape index (κ1) is 18.4. The van der Waals surface area contributed by atoms with Crippen LogP contribution in [-0.4, -0.2) is 35.9 Å². The summed E-state index contributed by atoms with van der Waals surface area (Å²) in [5, 5.41) is 0. The van der Waals surface area contributed by atoms with E-state index in [0.717, 1.165) is 12.0 Å². The summed E-state index contributed by atoms with van der Waals surface area (Å²) >= 11 is 0. The Bertz CT molecular complexity index is 842. The SMILES string of the molecule is C=C1C[C@]23C[C@@]1(OC(C)=O)CC[C@@]21O[C@]12C=C[C@H](C)C(C)(C)[C@H]2[C@@H]3C(=O)OC. The standard InChI is InChI=1S/C23H30O5/c1-13-7-8-22-17(19(13,4)5)16(18(25)26-6)20-11-14(2)21(12-20,27-15(3)24)9-10-23(20,22)28-22/h7-8,13,16-17H,2,9-12H2,1,3-6H3/t13-,16+,17+,20+,21-,22-,23+/m0/s1. The number of ether oxygens (including phenoxy) is 3. The number of fused-ring (bicyclic) bond motifs is 1. The van der Waals surface area contributed by atoms with Gasteiger partial charge in [-0.2, -0.15) is 0 Å². The Labute approximate surface area is 166 Å². The summed E-state index contributed by atoms with van der Waals surface area (Å²) in [6, 6.07) is 0. The molecule has 1 saturated heterocycles. The molecule has 152 valence electrons. The first-order valence-corrected chi connectivity index (χ1v) is 10.4. The van der Waals surface area contributed by atoms with Gasteiger partial charge in [-0.3, -0.25) is 9.59 Å². The molecular formula is C23H30O5. The fourth-order valence-corrected chi connectivity index (χ4v) is 7.76. The summed E-state index contributed by atoms with van der Waals surface area (Å²) in [5.74, 6) is -0.381. The zero-order valence-electron chi connectivity index (χ0n) is 17.5. The van der Waals surface area contributed by atoms with E-state index in [4.69, 9.17) is 14.2 Å².